The summed E-state index contributed by atoms with van der Waals surface area (Å²) in [6.45, 7) is 0. The molecule has 3 aromatic heterocycles. The fourth-order valence-corrected chi connectivity index (χ4v) is 8.81. The number of rotatable bonds is 4. The molecular formula is C50H29N5. The van der Waals surface area contributed by atoms with Gasteiger partial charge in [-0.25, -0.2) is 0 Å². The summed E-state index contributed by atoms with van der Waals surface area (Å²) in [6.07, 6.45) is 0. The van der Waals surface area contributed by atoms with Gasteiger partial charge in [0.2, 0.25) is 0 Å². The summed E-state index contributed by atoms with van der Waals surface area (Å²) >= 11 is 0. The van der Waals surface area contributed by atoms with E-state index in [2.05, 4.69) is 153 Å². The van der Waals surface area contributed by atoms with Gasteiger partial charge in [0.25, 0.3) is 0 Å². The van der Waals surface area contributed by atoms with Gasteiger partial charge in [0, 0.05) is 49.3 Å². The van der Waals surface area contributed by atoms with Gasteiger partial charge in [0.15, 0.2) is 0 Å². The average Bonchev–Trinajstić information content (AvgIpc) is 3.89. The van der Waals surface area contributed by atoms with E-state index in [-0.39, 0.29) is 0 Å². The first kappa shape index (κ1) is 30.7. The van der Waals surface area contributed by atoms with Crippen molar-refractivity contribution in [3.05, 3.63) is 187 Å². The van der Waals surface area contributed by atoms with Gasteiger partial charge in [-0.15, -0.1) is 0 Å². The predicted molar refractivity (Wildman–Crippen MR) is 224 cm³/mol. The molecule has 0 amide bonds. The molecule has 5 nitrogen and oxygen atoms in total. The molecule has 0 bridgehead atoms. The monoisotopic (exact) mass is 699 g/mol. The smallest absolute Gasteiger partial charge is 0.101 e. The number of benzene rings is 8. The normalized spacial score (nSPS) is 11.6. The Morgan fingerprint density at radius 1 is 0.364 bits per heavy atom. The highest BCUT2D eigenvalue weighted by molar-refractivity contribution is 6.13. The van der Waals surface area contributed by atoms with Crippen molar-refractivity contribution in [3.63, 3.8) is 0 Å². The molecule has 0 aliphatic heterocycles. The summed E-state index contributed by atoms with van der Waals surface area (Å²) in [5.41, 5.74) is 12.3. The molecule has 3 heterocycles. The van der Waals surface area contributed by atoms with Gasteiger partial charge in [0.05, 0.1) is 56.0 Å². The zero-order valence-electron chi connectivity index (χ0n) is 29.5. The molecule has 0 unspecified atom stereocenters. The van der Waals surface area contributed by atoms with Gasteiger partial charge in [-0.2, -0.15) is 10.5 Å². The van der Waals surface area contributed by atoms with Crippen LogP contribution in [0.4, 0.5) is 0 Å². The average molecular weight is 700 g/mol. The lowest BCUT2D eigenvalue weighted by atomic mass is 10.00. The molecule has 11 aromatic rings. The third kappa shape index (κ3) is 4.45. The van der Waals surface area contributed by atoms with Crippen molar-refractivity contribution >= 4 is 65.4 Å². The second-order valence-electron chi connectivity index (χ2n) is 14.0. The predicted octanol–water partition coefficient (Wildman–Crippen LogP) is 12.4. The zero-order chi connectivity index (χ0) is 36.6. The van der Waals surface area contributed by atoms with Gasteiger partial charge in [-0.05, 0) is 78.4 Å². The number of fused-ring (bicyclic) bond motifs is 9. The van der Waals surface area contributed by atoms with Crippen LogP contribution in [-0.4, -0.2) is 13.7 Å². The molecular weight excluding hydrogens is 671 g/mol. The summed E-state index contributed by atoms with van der Waals surface area (Å²) in [6, 6.07) is 65.9. The topological polar surface area (TPSA) is 62.4 Å². The molecule has 0 radical (unpaired) electrons. The van der Waals surface area contributed by atoms with E-state index in [0.717, 1.165) is 71.8 Å². The lowest BCUT2D eigenvalue weighted by molar-refractivity contribution is 1.16. The largest absolute Gasteiger partial charge is 0.309 e. The molecule has 11 rings (SSSR count). The molecule has 0 N–H and O–H groups in total. The van der Waals surface area contributed by atoms with Crippen molar-refractivity contribution in [2.75, 3.05) is 0 Å². The third-order valence-corrected chi connectivity index (χ3v) is 11.1. The van der Waals surface area contributed by atoms with E-state index in [9.17, 15) is 10.5 Å². The maximum Gasteiger partial charge on any atom is 0.101 e. The number of hydrogen-bond acceptors (Lipinski definition) is 2. The molecule has 0 spiro atoms. The van der Waals surface area contributed by atoms with Crippen molar-refractivity contribution in [1.82, 2.24) is 13.7 Å². The van der Waals surface area contributed by atoms with E-state index in [1.807, 2.05) is 48.5 Å². The summed E-state index contributed by atoms with van der Waals surface area (Å²) in [5, 5.41) is 27.6. The highest BCUT2D eigenvalue weighted by Crippen LogP contribution is 2.40. The minimum atomic E-state index is 0.565. The molecule has 0 aliphatic carbocycles. The number of aromatic nitrogens is 3. The first-order chi connectivity index (χ1) is 27.2. The maximum atomic E-state index is 10.5. The van der Waals surface area contributed by atoms with Gasteiger partial charge >= 0.3 is 0 Å². The third-order valence-electron chi connectivity index (χ3n) is 11.1. The molecule has 55 heavy (non-hydrogen) atoms. The van der Waals surface area contributed by atoms with Crippen molar-refractivity contribution in [1.29, 1.82) is 10.5 Å². The van der Waals surface area contributed by atoms with Crippen LogP contribution in [-0.2, 0) is 0 Å². The Bertz CT molecular complexity index is 3420. The second kappa shape index (κ2) is 11.8. The molecule has 0 aliphatic rings. The van der Waals surface area contributed by atoms with Crippen LogP contribution in [0.3, 0.4) is 0 Å². The summed E-state index contributed by atoms with van der Waals surface area (Å²) in [5.74, 6) is 0. The lowest BCUT2D eigenvalue weighted by Gasteiger charge is -2.16. The van der Waals surface area contributed by atoms with Crippen molar-refractivity contribution in [2.45, 2.75) is 0 Å². The SMILES string of the molecule is N#Cc1cc(-c2ccccc2-n2c3ccccc3c3cccc(C#N)c32)cc(-n2c3ccccc3c3cc(-n4c5ccccc5c5ccccc54)ccc32)c1. The summed E-state index contributed by atoms with van der Waals surface area (Å²) < 4.78 is 6.84. The summed E-state index contributed by atoms with van der Waals surface area (Å²) in [7, 11) is 0. The zero-order valence-corrected chi connectivity index (χ0v) is 29.5. The van der Waals surface area contributed by atoms with Crippen LogP contribution in [0.2, 0.25) is 0 Å². The van der Waals surface area contributed by atoms with E-state index in [0.29, 0.717) is 11.1 Å². The first-order valence-electron chi connectivity index (χ1n) is 18.3. The van der Waals surface area contributed by atoms with Crippen LogP contribution in [0.1, 0.15) is 11.1 Å². The molecule has 8 aromatic carbocycles. The van der Waals surface area contributed by atoms with E-state index < -0.39 is 0 Å². The lowest BCUT2D eigenvalue weighted by Crippen LogP contribution is -2.00. The molecule has 254 valence electrons. The van der Waals surface area contributed by atoms with Crippen molar-refractivity contribution in [2.24, 2.45) is 0 Å². The van der Waals surface area contributed by atoms with Crippen molar-refractivity contribution < 1.29 is 0 Å². The molecule has 0 atom stereocenters. The standard InChI is InChI=1S/C50H29N5/c51-30-32-26-34(37-13-1-6-19-44(37)55-48-23-10-4-16-40(48)42-18-11-12-33(31-52)50(42)55)28-36(27-32)54-47-22-9-5-17-41(47)43-29-35(24-25-49(43)54)53-45-20-7-2-14-38(45)39-15-3-8-21-46(39)53/h1-29H. The fourth-order valence-electron chi connectivity index (χ4n) is 8.81. The highest BCUT2D eigenvalue weighted by Gasteiger charge is 2.20. The number of nitriles is 2. The Kier molecular flexibility index (Phi) is 6.61. The van der Waals surface area contributed by atoms with Crippen molar-refractivity contribution in [3.8, 4) is 40.3 Å². The van der Waals surface area contributed by atoms with Crippen LogP contribution in [0.5, 0.6) is 0 Å². The quantitative estimate of drug-likeness (QED) is 0.184. The van der Waals surface area contributed by atoms with E-state index >= 15 is 0 Å². The van der Waals surface area contributed by atoms with E-state index in [1.165, 1.54) is 21.8 Å². The molecule has 0 saturated carbocycles. The van der Waals surface area contributed by atoms with Crippen LogP contribution >= 0.6 is 0 Å². The molecule has 0 saturated heterocycles. The fraction of sp³-hybridized carbons (Fsp3) is 0. The van der Waals surface area contributed by atoms with Gasteiger partial charge in [-0.1, -0.05) is 103 Å². The molecule has 5 heteroatoms. The minimum Gasteiger partial charge on any atom is -0.309 e. The number of nitrogens with zero attached hydrogens (tertiary/aromatic N) is 5. The Hall–Kier alpha value is -7.86. The van der Waals surface area contributed by atoms with Crippen LogP contribution in [0, 0.1) is 22.7 Å². The van der Waals surface area contributed by atoms with Crippen LogP contribution < -0.4 is 0 Å². The van der Waals surface area contributed by atoms with Gasteiger partial charge < -0.3 is 13.7 Å². The van der Waals surface area contributed by atoms with E-state index in [4.69, 9.17) is 0 Å². The van der Waals surface area contributed by atoms with Gasteiger partial charge in [-0.3, -0.25) is 0 Å². The Labute approximate surface area is 316 Å². The maximum absolute atomic E-state index is 10.5. The Morgan fingerprint density at radius 2 is 0.891 bits per heavy atom. The van der Waals surface area contributed by atoms with Gasteiger partial charge in [0.1, 0.15) is 6.07 Å². The number of hydrogen-bond donors (Lipinski definition) is 0. The molecule has 0 fully saturated rings. The van der Waals surface area contributed by atoms with Crippen LogP contribution in [0.15, 0.2) is 176 Å². The summed E-state index contributed by atoms with van der Waals surface area (Å²) in [4.78, 5) is 0. The Morgan fingerprint density at radius 3 is 1.55 bits per heavy atom. The highest BCUT2D eigenvalue weighted by atomic mass is 15.0. The minimum absolute atomic E-state index is 0.565. The Balaban J connectivity index is 1.15. The second-order valence-corrected chi connectivity index (χ2v) is 14.0. The first-order valence-corrected chi connectivity index (χ1v) is 18.3. The van der Waals surface area contributed by atoms with E-state index in [1.54, 1.807) is 0 Å². The number of para-hydroxylation sites is 6. The van der Waals surface area contributed by atoms with Crippen LogP contribution in [0.25, 0.3) is 93.6 Å².